The number of aryl methyl sites for hydroxylation is 1. The zero-order chi connectivity index (χ0) is 23.3. The third-order valence-corrected chi connectivity index (χ3v) is 6.50. The van der Waals surface area contributed by atoms with E-state index in [4.69, 9.17) is 15.2 Å². The second kappa shape index (κ2) is 9.65. The number of ether oxygens (including phenoxy) is 2. The summed E-state index contributed by atoms with van der Waals surface area (Å²) in [5.74, 6) is -0.846. The molecule has 3 aromatic carbocycles. The van der Waals surface area contributed by atoms with E-state index in [2.05, 4.69) is 0 Å². The first-order chi connectivity index (χ1) is 15.2. The van der Waals surface area contributed by atoms with E-state index in [1.54, 1.807) is 60.7 Å². The lowest BCUT2D eigenvalue weighted by Crippen LogP contribution is -2.12. The maximum atomic E-state index is 13.4. The molecule has 0 spiro atoms. The second-order valence-corrected chi connectivity index (χ2v) is 9.03. The zero-order valence-corrected chi connectivity index (χ0v) is 18.5. The Morgan fingerprint density at radius 3 is 2.09 bits per heavy atom. The van der Waals surface area contributed by atoms with Gasteiger partial charge in [0.2, 0.25) is 15.7 Å². The molecule has 0 aliphatic carbocycles. The highest BCUT2D eigenvalue weighted by atomic mass is 32.2. The molecule has 1 amide bonds. The molecule has 3 rings (SSSR count). The van der Waals surface area contributed by atoms with E-state index in [1.165, 1.54) is 13.0 Å². The topological polar surface area (TPSA) is 113 Å². The Hall–Kier alpha value is -3.65. The van der Waals surface area contributed by atoms with Crippen LogP contribution < -0.4 is 10.5 Å². The molecule has 7 nitrogen and oxygen atoms in total. The fourth-order valence-electron chi connectivity index (χ4n) is 3.03. The van der Waals surface area contributed by atoms with Crippen LogP contribution in [0.4, 0.5) is 0 Å². The van der Waals surface area contributed by atoms with Gasteiger partial charge in [0.05, 0.1) is 4.90 Å². The molecule has 32 heavy (non-hydrogen) atoms. The normalized spacial score (nSPS) is 11.1. The van der Waals surface area contributed by atoms with Crippen molar-refractivity contribution in [3.05, 3.63) is 77.9 Å². The summed E-state index contributed by atoms with van der Waals surface area (Å²) in [6.07, 6.45) is 0. The van der Waals surface area contributed by atoms with Crippen molar-refractivity contribution in [1.82, 2.24) is 0 Å². The van der Waals surface area contributed by atoms with Crippen molar-refractivity contribution in [3.8, 4) is 16.9 Å². The largest absolute Gasteiger partial charge is 0.489 e. The van der Waals surface area contributed by atoms with E-state index in [9.17, 15) is 18.0 Å². The molecule has 0 aliphatic rings. The summed E-state index contributed by atoms with van der Waals surface area (Å²) in [4.78, 5) is 22.4. The maximum absolute atomic E-state index is 13.4. The van der Waals surface area contributed by atoms with Crippen molar-refractivity contribution in [2.75, 3.05) is 13.2 Å². The first-order valence-corrected chi connectivity index (χ1v) is 11.3. The second-order valence-electron chi connectivity index (χ2n) is 7.11. The Bertz CT molecular complexity index is 1230. The minimum absolute atomic E-state index is 0.00263. The minimum atomic E-state index is -3.90. The SMILES string of the molecule is CC(=O)OCCOc1ccc(-c2ccc(C(N)=O)cc2)cc1S(=O)(=O)c1ccc(C)cc1. The summed E-state index contributed by atoms with van der Waals surface area (Å²) < 4.78 is 37.3. The fraction of sp³-hybridized carbons (Fsp3) is 0.167. The number of amides is 1. The van der Waals surface area contributed by atoms with Crippen molar-refractivity contribution in [2.24, 2.45) is 5.73 Å². The lowest BCUT2D eigenvalue weighted by Gasteiger charge is -2.14. The molecular formula is C24H23NO6S. The van der Waals surface area contributed by atoms with Gasteiger partial charge in [-0.3, -0.25) is 9.59 Å². The van der Waals surface area contributed by atoms with Crippen molar-refractivity contribution in [2.45, 2.75) is 23.6 Å². The van der Waals surface area contributed by atoms with Crippen molar-refractivity contribution in [1.29, 1.82) is 0 Å². The molecule has 0 saturated heterocycles. The molecule has 2 N–H and O–H groups in total. The monoisotopic (exact) mass is 453 g/mol. The third-order valence-electron chi connectivity index (χ3n) is 4.71. The predicted octanol–water partition coefficient (Wildman–Crippen LogP) is 3.54. The first kappa shape index (κ1) is 23.0. The highest BCUT2D eigenvalue weighted by Gasteiger charge is 2.23. The van der Waals surface area contributed by atoms with Crippen molar-refractivity contribution in [3.63, 3.8) is 0 Å². The number of nitrogens with two attached hydrogens (primary N) is 1. The summed E-state index contributed by atoms with van der Waals surface area (Å²) in [6, 6.07) is 17.9. The summed E-state index contributed by atoms with van der Waals surface area (Å²) in [5, 5.41) is 0. The molecule has 8 heteroatoms. The van der Waals surface area contributed by atoms with Crippen LogP contribution in [-0.2, 0) is 19.4 Å². The third kappa shape index (κ3) is 5.33. The van der Waals surface area contributed by atoms with Crippen LogP contribution in [0, 0.1) is 6.92 Å². The zero-order valence-electron chi connectivity index (χ0n) is 17.7. The van der Waals surface area contributed by atoms with E-state index >= 15 is 0 Å². The molecular weight excluding hydrogens is 430 g/mol. The molecule has 0 aromatic heterocycles. The Labute approximate surface area is 186 Å². The van der Waals surface area contributed by atoms with Gasteiger partial charge in [0.25, 0.3) is 0 Å². The number of carbonyl (C=O) groups excluding carboxylic acids is 2. The average Bonchev–Trinajstić information content (AvgIpc) is 2.77. The Morgan fingerprint density at radius 2 is 1.50 bits per heavy atom. The van der Waals surface area contributed by atoms with Gasteiger partial charge in [0.1, 0.15) is 23.9 Å². The van der Waals surface area contributed by atoms with Crippen LogP contribution in [0.1, 0.15) is 22.8 Å². The van der Waals surface area contributed by atoms with E-state index in [0.717, 1.165) is 5.56 Å². The molecule has 0 saturated carbocycles. The van der Waals surface area contributed by atoms with Crippen LogP contribution in [0.3, 0.4) is 0 Å². The summed E-state index contributed by atoms with van der Waals surface area (Å²) in [5.41, 5.74) is 7.91. The van der Waals surface area contributed by atoms with Gasteiger partial charge in [-0.25, -0.2) is 8.42 Å². The quantitative estimate of drug-likeness (QED) is 0.412. The molecule has 0 aliphatic heterocycles. The number of rotatable bonds is 8. The number of sulfone groups is 1. The number of esters is 1. The molecule has 3 aromatic rings. The minimum Gasteiger partial charge on any atom is -0.489 e. The van der Waals surface area contributed by atoms with Gasteiger partial charge in [-0.05, 0) is 54.4 Å². The maximum Gasteiger partial charge on any atom is 0.302 e. The Kier molecular flexibility index (Phi) is 6.95. The van der Waals surface area contributed by atoms with Gasteiger partial charge in [0.15, 0.2) is 0 Å². The van der Waals surface area contributed by atoms with Crippen LogP contribution in [0.2, 0.25) is 0 Å². The summed E-state index contributed by atoms with van der Waals surface area (Å²) in [6.45, 7) is 3.15. The summed E-state index contributed by atoms with van der Waals surface area (Å²) >= 11 is 0. The molecule has 0 unspecified atom stereocenters. The average molecular weight is 454 g/mol. The number of carbonyl (C=O) groups is 2. The molecule has 166 valence electrons. The van der Waals surface area contributed by atoms with Crippen LogP contribution >= 0.6 is 0 Å². The molecule has 0 radical (unpaired) electrons. The highest BCUT2D eigenvalue weighted by molar-refractivity contribution is 7.91. The van der Waals surface area contributed by atoms with Gasteiger partial charge >= 0.3 is 5.97 Å². The van der Waals surface area contributed by atoms with Crippen LogP contribution in [0.5, 0.6) is 5.75 Å². The number of hydrogen-bond donors (Lipinski definition) is 1. The summed E-state index contributed by atoms with van der Waals surface area (Å²) in [7, 11) is -3.90. The van der Waals surface area contributed by atoms with Crippen LogP contribution in [0.25, 0.3) is 11.1 Å². The number of primary amides is 1. The lowest BCUT2D eigenvalue weighted by molar-refractivity contribution is -0.141. The number of hydrogen-bond acceptors (Lipinski definition) is 6. The fourth-order valence-corrected chi connectivity index (χ4v) is 4.45. The van der Waals surface area contributed by atoms with Gasteiger partial charge < -0.3 is 15.2 Å². The van der Waals surface area contributed by atoms with E-state index < -0.39 is 21.7 Å². The van der Waals surface area contributed by atoms with Gasteiger partial charge in [0, 0.05) is 12.5 Å². The first-order valence-electron chi connectivity index (χ1n) is 9.80. The standard InChI is InChI=1S/C24H23NO6S/c1-16-3-10-21(11-4-16)32(28,29)23-15-20(18-5-7-19(8-6-18)24(25)27)9-12-22(23)31-14-13-30-17(2)26/h3-12,15H,13-14H2,1-2H3,(H2,25,27). The van der Waals surface area contributed by atoms with Crippen LogP contribution in [0.15, 0.2) is 76.5 Å². The molecule has 0 fully saturated rings. The van der Waals surface area contributed by atoms with Gasteiger partial charge in [-0.2, -0.15) is 0 Å². The molecule has 0 atom stereocenters. The van der Waals surface area contributed by atoms with Gasteiger partial charge in [-0.15, -0.1) is 0 Å². The smallest absolute Gasteiger partial charge is 0.302 e. The number of benzene rings is 3. The molecule has 0 heterocycles. The highest BCUT2D eigenvalue weighted by Crippen LogP contribution is 2.34. The van der Waals surface area contributed by atoms with E-state index in [0.29, 0.717) is 16.7 Å². The lowest BCUT2D eigenvalue weighted by atomic mass is 10.0. The Balaban J connectivity index is 2.03. The van der Waals surface area contributed by atoms with Gasteiger partial charge in [-0.1, -0.05) is 35.9 Å². The van der Waals surface area contributed by atoms with Crippen LogP contribution in [-0.4, -0.2) is 33.5 Å². The van der Waals surface area contributed by atoms with E-state index in [-0.39, 0.29) is 28.8 Å². The van der Waals surface area contributed by atoms with E-state index in [1.807, 2.05) is 6.92 Å². The van der Waals surface area contributed by atoms with Crippen molar-refractivity contribution < 1.29 is 27.5 Å². The predicted molar refractivity (Wildman–Crippen MR) is 119 cm³/mol. The Morgan fingerprint density at radius 1 is 0.875 bits per heavy atom. The molecule has 0 bridgehead atoms. The van der Waals surface area contributed by atoms with Crippen molar-refractivity contribution >= 4 is 21.7 Å².